The number of aliphatic imine (C=N–C) groups is 1. The highest BCUT2D eigenvalue weighted by molar-refractivity contribution is 6.03. The summed E-state index contributed by atoms with van der Waals surface area (Å²) in [7, 11) is 0. The topological polar surface area (TPSA) is 117 Å². The van der Waals surface area contributed by atoms with E-state index in [0.717, 1.165) is 6.07 Å². The maximum atomic E-state index is 15.0. The molecular formula is C22H22F2N4O5. The van der Waals surface area contributed by atoms with Gasteiger partial charge in [0.05, 0.1) is 12.8 Å². The van der Waals surface area contributed by atoms with Gasteiger partial charge in [0.15, 0.2) is 11.5 Å². The van der Waals surface area contributed by atoms with Crippen molar-refractivity contribution in [1.82, 2.24) is 4.98 Å². The van der Waals surface area contributed by atoms with Crippen LogP contribution in [-0.2, 0) is 15.0 Å². The first-order valence-electron chi connectivity index (χ1n) is 10.5. The molecule has 1 aromatic carbocycles. The first-order valence-corrected chi connectivity index (χ1v) is 10.5. The first-order chi connectivity index (χ1) is 16.0. The number of hydrogen-bond acceptors (Lipinski definition) is 8. The molecule has 9 nitrogen and oxygen atoms in total. The minimum Gasteiger partial charge on any atom is -0.486 e. The van der Waals surface area contributed by atoms with Crippen LogP contribution in [0.1, 0.15) is 22.5 Å². The summed E-state index contributed by atoms with van der Waals surface area (Å²) in [5, 5.41) is 2.67. The number of amides is 1. The molecule has 0 aliphatic carbocycles. The highest BCUT2D eigenvalue weighted by Crippen LogP contribution is 2.45. The van der Waals surface area contributed by atoms with Crippen LogP contribution in [0.25, 0.3) is 0 Å². The number of nitrogens with two attached hydrogens (primary N) is 1. The number of fused-ring (bicyclic) bond motifs is 2. The van der Waals surface area contributed by atoms with E-state index in [2.05, 4.69) is 15.3 Å². The normalized spacial score (nSPS) is 25.9. The molecule has 33 heavy (non-hydrogen) atoms. The van der Waals surface area contributed by atoms with Crippen molar-refractivity contribution in [3.63, 3.8) is 0 Å². The van der Waals surface area contributed by atoms with Gasteiger partial charge < -0.3 is 30.0 Å². The lowest BCUT2D eigenvalue weighted by atomic mass is 9.73. The zero-order valence-electron chi connectivity index (χ0n) is 17.6. The maximum Gasteiger partial charge on any atom is 0.283 e. The first kappa shape index (κ1) is 21.4. The molecule has 3 aliphatic heterocycles. The fourth-order valence-electron chi connectivity index (χ4n) is 4.50. The third kappa shape index (κ3) is 3.82. The second-order valence-corrected chi connectivity index (χ2v) is 8.00. The summed E-state index contributed by atoms with van der Waals surface area (Å²) in [6.07, 6.45) is 1.27. The highest BCUT2D eigenvalue weighted by Gasteiger charge is 2.51. The van der Waals surface area contributed by atoms with Gasteiger partial charge in [-0.2, -0.15) is 0 Å². The molecule has 0 saturated carbocycles. The number of aromatic nitrogens is 1. The summed E-state index contributed by atoms with van der Waals surface area (Å²) in [5.41, 5.74) is 4.56. The highest BCUT2D eigenvalue weighted by atomic mass is 19.1. The number of ether oxygens (including phenoxy) is 4. The number of hydrogen-bond donors (Lipinski definition) is 2. The Hall–Kier alpha value is -3.47. The van der Waals surface area contributed by atoms with E-state index in [9.17, 15) is 9.18 Å². The number of nitrogens with zero attached hydrogens (tertiary/aromatic N) is 2. The number of amidine groups is 1. The van der Waals surface area contributed by atoms with E-state index in [1.165, 1.54) is 24.4 Å². The number of carbonyl (C=O) groups is 1. The van der Waals surface area contributed by atoms with Crippen LogP contribution in [0, 0.1) is 11.7 Å². The summed E-state index contributed by atoms with van der Waals surface area (Å²) in [4.78, 5) is 21.1. The Labute approximate surface area is 187 Å². The van der Waals surface area contributed by atoms with Crippen LogP contribution in [0.3, 0.4) is 0 Å². The maximum absolute atomic E-state index is 15.0. The molecule has 3 aliphatic rings. The Morgan fingerprint density at radius 3 is 2.85 bits per heavy atom. The lowest BCUT2D eigenvalue weighted by Gasteiger charge is -2.45. The Bertz CT molecular complexity index is 1110. The van der Waals surface area contributed by atoms with Gasteiger partial charge in [-0.15, -0.1) is 0 Å². The van der Waals surface area contributed by atoms with Crippen LogP contribution < -0.4 is 20.5 Å². The van der Waals surface area contributed by atoms with Crippen LogP contribution >= 0.6 is 0 Å². The van der Waals surface area contributed by atoms with E-state index in [4.69, 9.17) is 24.7 Å². The fraction of sp³-hybridized carbons (Fsp3) is 0.409. The summed E-state index contributed by atoms with van der Waals surface area (Å²) >= 11 is 0. The largest absolute Gasteiger partial charge is 0.486 e. The number of alkyl halides is 1. The Balaban J connectivity index is 1.46. The zero-order chi connectivity index (χ0) is 23.0. The molecule has 4 heterocycles. The minimum absolute atomic E-state index is 0.0129. The van der Waals surface area contributed by atoms with Crippen molar-refractivity contribution in [2.24, 2.45) is 16.6 Å². The predicted molar refractivity (Wildman–Crippen MR) is 113 cm³/mol. The molecule has 1 fully saturated rings. The molecule has 0 radical (unpaired) electrons. The van der Waals surface area contributed by atoms with Crippen LogP contribution in [0.15, 0.2) is 35.5 Å². The number of rotatable bonds is 4. The summed E-state index contributed by atoms with van der Waals surface area (Å²) in [5.74, 6) is -0.823. The third-order valence-electron chi connectivity index (χ3n) is 6.06. The number of anilines is 1. The predicted octanol–water partition coefficient (Wildman–Crippen LogP) is 2.16. The molecule has 0 spiro atoms. The summed E-state index contributed by atoms with van der Waals surface area (Å²) in [6.45, 7) is 0.356. The van der Waals surface area contributed by atoms with E-state index in [-0.39, 0.29) is 29.6 Å². The molecule has 1 saturated heterocycles. The SMILES string of the molecule is NC1=N[C@](CF)(c2cc(NC(=O)c3cc4c(cn3)OCCO4)ccc2F)[C@H]2CCOC[C@H]2O1. The molecule has 3 atom stereocenters. The van der Waals surface area contributed by atoms with Crippen LogP contribution in [-0.4, -0.2) is 56.1 Å². The van der Waals surface area contributed by atoms with Crippen molar-refractivity contribution in [2.45, 2.75) is 18.1 Å². The number of benzene rings is 1. The zero-order valence-corrected chi connectivity index (χ0v) is 17.6. The molecule has 0 bridgehead atoms. The Kier molecular flexibility index (Phi) is 5.49. The van der Waals surface area contributed by atoms with Crippen molar-refractivity contribution >= 4 is 17.6 Å². The smallest absolute Gasteiger partial charge is 0.283 e. The van der Waals surface area contributed by atoms with Crippen LogP contribution in [0.2, 0.25) is 0 Å². The Morgan fingerprint density at radius 2 is 2.03 bits per heavy atom. The van der Waals surface area contributed by atoms with Gasteiger partial charge in [-0.3, -0.25) is 4.79 Å². The second-order valence-electron chi connectivity index (χ2n) is 8.00. The molecule has 0 unspecified atom stereocenters. The lowest BCUT2D eigenvalue weighted by molar-refractivity contribution is -0.0796. The standard InChI is InChI=1S/C22H22F2N4O5/c23-11-22(13-3-4-30-10-19(13)33-21(25)28-22)14-7-12(1-2-15(14)24)27-20(29)16-8-17-18(9-26-16)32-6-5-31-17/h1-2,7-9,13,19H,3-6,10-11H2,(H2,25,28)(H,27,29)/t13-,19+,22-/m0/s1. The average Bonchev–Trinajstić information content (AvgIpc) is 2.84. The van der Waals surface area contributed by atoms with E-state index in [1.54, 1.807) is 0 Å². The van der Waals surface area contributed by atoms with Gasteiger partial charge in [0.2, 0.25) is 0 Å². The van der Waals surface area contributed by atoms with Crippen molar-refractivity contribution in [1.29, 1.82) is 0 Å². The van der Waals surface area contributed by atoms with Gasteiger partial charge in [-0.1, -0.05) is 0 Å². The van der Waals surface area contributed by atoms with Crippen molar-refractivity contribution in [2.75, 3.05) is 38.4 Å². The molecular weight excluding hydrogens is 438 g/mol. The second kappa shape index (κ2) is 8.47. The monoisotopic (exact) mass is 460 g/mol. The van der Waals surface area contributed by atoms with Gasteiger partial charge in [-0.25, -0.2) is 18.8 Å². The molecule has 1 aromatic heterocycles. The van der Waals surface area contributed by atoms with Gasteiger partial charge in [0.25, 0.3) is 11.9 Å². The lowest BCUT2D eigenvalue weighted by Crippen LogP contribution is -2.54. The fourth-order valence-corrected chi connectivity index (χ4v) is 4.50. The minimum atomic E-state index is -1.59. The molecule has 11 heteroatoms. The number of halogens is 2. The average molecular weight is 460 g/mol. The molecule has 3 N–H and O–H groups in total. The molecule has 2 aromatic rings. The van der Waals surface area contributed by atoms with Crippen molar-refractivity contribution in [3.05, 3.63) is 47.5 Å². The van der Waals surface area contributed by atoms with E-state index < -0.39 is 36.0 Å². The van der Waals surface area contributed by atoms with E-state index in [0.29, 0.717) is 37.7 Å². The molecule has 1 amide bonds. The van der Waals surface area contributed by atoms with Crippen molar-refractivity contribution in [3.8, 4) is 11.5 Å². The van der Waals surface area contributed by atoms with Gasteiger partial charge in [0.1, 0.15) is 43.0 Å². The van der Waals surface area contributed by atoms with E-state index >= 15 is 4.39 Å². The van der Waals surface area contributed by atoms with Gasteiger partial charge in [0, 0.05) is 29.8 Å². The number of pyridine rings is 1. The van der Waals surface area contributed by atoms with Crippen LogP contribution in [0.5, 0.6) is 11.5 Å². The molecule has 174 valence electrons. The summed E-state index contributed by atoms with van der Waals surface area (Å²) < 4.78 is 51.5. The van der Waals surface area contributed by atoms with Gasteiger partial charge >= 0.3 is 0 Å². The summed E-state index contributed by atoms with van der Waals surface area (Å²) in [6, 6.07) is 5.16. The van der Waals surface area contributed by atoms with Crippen molar-refractivity contribution < 1.29 is 32.5 Å². The number of nitrogens with one attached hydrogen (secondary N) is 1. The van der Waals surface area contributed by atoms with E-state index in [1.807, 2.05) is 0 Å². The quantitative estimate of drug-likeness (QED) is 0.718. The molecule has 5 rings (SSSR count). The number of carbonyl (C=O) groups excluding carboxylic acids is 1. The van der Waals surface area contributed by atoms with Crippen LogP contribution in [0.4, 0.5) is 14.5 Å². The Morgan fingerprint density at radius 1 is 1.21 bits per heavy atom. The third-order valence-corrected chi connectivity index (χ3v) is 6.06. The van der Waals surface area contributed by atoms with Gasteiger partial charge in [-0.05, 0) is 24.6 Å².